The summed E-state index contributed by atoms with van der Waals surface area (Å²) in [5, 5.41) is 4.10. The van der Waals surface area contributed by atoms with Crippen molar-refractivity contribution in [1.82, 2.24) is 24.6 Å². The van der Waals surface area contributed by atoms with Crippen LogP contribution in [0.15, 0.2) is 17.2 Å². The summed E-state index contributed by atoms with van der Waals surface area (Å²) in [7, 11) is 1.81. The molecular formula is C20H26N6O3. The van der Waals surface area contributed by atoms with Gasteiger partial charge in [-0.05, 0) is 25.7 Å². The molecule has 0 unspecified atom stereocenters. The molecule has 1 spiro atoms. The maximum absolute atomic E-state index is 12.8. The molecule has 0 radical (unpaired) electrons. The Morgan fingerprint density at radius 3 is 2.62 bits per heavy atom. The van der Waals surface area contributed by atoms with Crippen molar-refractivity contribution in [1.29, 1.82) is 0 Å². The summed E-state index contributed by atoms with van der Waals surface area (Å²) in [5.74, 6) is 0.686. The summed E-state index contributed by atoms with van der Waals surface area (Å²) in [6.07, 6.45) is 6.74. The number of likely N-dealkylation sites (tertiary alicyclic amines) is 1. The quantitative estimate of drug-likeness (QED) is 0.790. The second-order valence-electron chi connectivity index (χ2n) is 8.29. The molecule has 29 heavy (non-hydrogen) atoms. The van der Waals surface area contributed by atoms with Crippen LogP contribution in [0.1, 0.15) is 40.9 Å². The number of anilines is 1. The van der Waals surface area contributed by atoms with Gasteiger partial charge < -0.3 is 14.5 Å². The van der Waals surface area contributed by atoms with Crippen molar-refractivity contribution in [2.75, 3.05) is 44.3 Å². The summed E-state index contributed by atoms with van der Waals surface area (Å²) in [6, 6.07) is 0. The van der Waals surface area contributed by atoms with E-state index in [0.717, 1.165) is 50.0 Å². The summed E-state index contributed by atoms with van der Waals surface area (Å²) in [4.78, 5) is 37.4. The highest BCUT2D eigenvalue weighted by molar-refractivity contribution is 5.93. The van der Waals surface area contributed by atoms with Crippen LogP contribution < -0.4 is 10.5 Å². The monoisotopic (exact) mass is 398 g/mol. The van der Waals surface area contributed by atoms with Gasteiger partial charge in [-0.2, -0.15) is 5.10 Å². The molecule has 2 saturated heterocycles. The predicted octanol–water partition coefficient (Wildman–Crippen LogP) is 0.460. The summed E-state index contributed by atoms with van der Waals surface area (Å²) in [5.41, 5.74) is 2.29. The number of amides is 1. The molecule has 0 bridgehead atoms. The van der Waals surface area contributed by atoms with Crippen molar-refractivity contribution in [2.45, 2.75) is 31.1 Å². The normalized spacial score (nSPS) is 20.9. The van der Waals surface area contributed by atoms with Gasteiger partial charge in [0.2, 0.25) is 5.95 Å². The molecule has 1 amide bonds. The van der Waals surface area contributed by atoms with Gasteiger partial charge in [-0.15, -0.1) is 0 Å². The molecule has 0 atom stereocenters. The van der Waals surface area contributed by atoms with Gasteiger partial charge in [0.25, 0.3) is 11.5 Å². The van der Waals surface area contributed by atoms with Crippen LogP contribution in [-0.4, -0.2) is 69.9 Å². The number of nitrogens with zero attached hydrogens (tertiary/aromatic N) is 5. The van der Waals surface area contributed by atoms with E-state index in [1.165, 1.54) is 0 Å². The number of aromatic nitrogens is 4. The molecule has 1 aliphatic carbocycles. The Labute approximate surface area is 168 Å². The largest absolute Gasteiger partial charge is 0.378 e. The number of aromatic amines is 1. The minimum absolute atomic E-state index is 0.0118. The van der Waals surface area contributed by atoms with Gasteiger partial charge in [-0.3, -0.25) is 19.3 Å². The molecule has 4 heterocycles. The molecule has 9 heteroatoms. The van der Waals surface area contributed by atoms with E-state index in [2.05, 4.69) is 15.0 Å². The predicted molar refractivity (Wildman–Crippen MR) is 106 cm³/mol. The first-order chi connectivity index (χ1) is 14.1. The number of ether oxygens (including phenoxy) is 1. The van der Waals surface area contributed by atoms with Crippen LogP contribution in [0.5, 0.6) is 0 Å². The third kappa shape index (κ3) is 3.13. The number of rotatable bonds is 2. The van der Waals surface area contributed by atoms with Crippen molar-refractivity contribution in [3.05, 3.63) is 39.6 Å². The molecular weight excluding hydrogens is 372 g/mol. The lowest BCUT2D eigenvalue weighted by atomic mass is 9.76. The first-order valence-electron chi connectivity index (χ1n) is 10.3. The van der Waals surface area contributed by atoms with Crippen LogP contribution in [-0.2, 0) is 23.6 Å². The average molecular weight is 398 g/mol. The fourth-order valence-electron chi connectivity index (χ4n) is 4.90. The molecule has 1 N–H and O–H groups in total. The SMILES string of the molecule is Cn1cc(C(=O)N2CCC3(CCc4c3nc(N3CCOCC3)[nH]c4=O)CC2)cn1. The maximum Gasteiger partial charge on any atom is 0.257 e. The molecule has 0 saturated carbocycles. The highest BCUT2D eigenvalue weighted by atomic mass is 16.5. The summed E-state index contributed by atoms with van der Waals surface area (Å²) in [6.45, 7) is 4.13. The molecule has 9 nitrogen and oxygen atoms in total. The van der Waals surface area contributed by atoms with Crippen LogP contribution in [0, 0.1) is 0 Å². The number of hydrogen-bond acceptors (Lipinski definition) is 6. The van der Waals surface area contributed by atoms with Crippen LogP contribution in [0.25, 0.3) is 0 Å². The Kier molecular flexibility index (Phi) is 4.42. The van der Waals surface area contributed by atoms with Gasteiger partial charge in [0.1, 0.15) is 0 Å². The Bertz CT molecular complexity index is 982. The molecule has 3 aliphatic rings. The standard InChI is InChI=1S/C20H26N6O3/c1-24-13-14(12-21-24)18(28)25-6-4-20(5-7-25)3-2-15-16(20)22-19(23-17(15)27)26-8-10-29-11-9-26/h12-13H,2-11H2,1H3,(H,22,23,27). The maximum atomic E-state index is 12.8. The molecule has 2 aromatic rings. The average Bonchev–Trinajstić information content (AvgIpc) is 3.33. The first kappa shape index (κ1) is 18.4. The number of aryl methyl sites for hydroxylation is 1. The second kappa shape index (κ2) is 6.98. The minimum Gasteiger partial charge on any atom is -0.378 e. The lowest BCUT2D eigenvalue weighted by Gasteiger charge is -2.39. The van der Waals surface area contributed by atoms with Crippen molar-refractivity contribution in [2.24, 2.45) is 7.05 Å². The third-order valence-corrected chi connectivity index (χ3v) is 6.63. The molecule has 2 aliphatic heterocycles. The number of piperidine rings is 1. The summed E-state index contributed by atoms with van der Waals surface area (Å²) >= 11 is 0. The lowest BCUT2D eigenvalue weighted by molar-refractivity contribution is 0.0663. The van der Waals surface area contributed by atoms with Crippen molar-refractivity contribution < 1.29 is 9.53 Å². The molecule has 2 aromatic heterocycles. The minimum atomic E-state index is -0.101. The zero-order valence-corrected chi connectivity index (χ0v) is 16.7. The van der Waals surface area contributed by atoms with Gasteiger partial charge in [0, 0.05) is 50.4 Å². The van der Waals surface area contributed by atoms with E-state index in [0.29, 0.717) is 37.8 Å². The molecule has 2 fully saturated rings. The lowest BCUT2D eigenvalue weighted by Crippen LogP contribution is -2.45. The molecule has 154 valence electrons. The summed E-state index contributed by atoms with van der Waals surface area (Å²) < 4.78 is 7.07. The number of nitrogens with one attached hydrogen (secondary N) is 1. The van der Waals surface area contributed by atoms with E-state index in [1.54, 1.807) is 17.1 Å². The topological polar surface area (TPSA) is 96.4 Å². The van der Waals surface area contributed by atoms with Crippen molar-refractivity contribution in [3.63, 3.8) is 0 Å². The van der Waals surface area contributed by atoms with Crippen LogP contribution in [0.2, 0.25) is 0 Å². The highest BCUT2D eigenvalue weighted by Gasteiger charge is 2.45. The van der Waals surface area contributed by atoms with Crippen molar-refractivity contribution >= 4 is 11.9 Å². The van der Waals surface area contributed by atoms with Gasteiger partial charge in [0.05, 0.1) is 30.7 Å². The fraction of sp³-hybridized carbons (Fsp3) is 0.600. The number of H-pyrrole nitrogens is 1. The van der Waals surface area contributed by atoms with E-state index < -0.39 is 0 Å². The van der Waals surface area contributed by atoms with Crippen LogP contribution >= 0.6 is 0 Å². The third-order valence-electron chi connectivity index (χ3n) is 6.63. The van der Waals surface area contributed by atoms with E-state index in [9.17, 15) is 9.59 Å². The molecule has 5 rings (SSSR count). The van der Waals surface area contributed by atoms with Gasteiger partial charge in [-0.25, -0.2) is 4.98 Å². The van der Waals surface area contributed by atoms with E-state index in [4.69, 9.17) is 9.72 Å². The zero-order chi connectivity index (χ0) is 20.0. The first-order valence-corrected chi connectivity index (χ1v) is 10.3. The number of carbonyl (C=O) groups is 1. The van der Waals surface area contributed by atoms with Crippen molar-refractivity contribution in [3.8, 4) is 0 Å². The number of carbonyl (C=O) groups excluding carboxylic acids is 1. The van der Waals surface area contributed by atoms with Gasteiger partial charge >= 0.3 is 0 Å². The Balaban J connectivity index is 1.38. The van der Waals surface area contributed by atoms with Crippen LogP contribution in [0.4, 0.5) is 5.95 Å². The Hall–Kier alpha value is -2.68. The Morgan fingerprint density at radius 2 is 1.93 bits per heavy atom. The number of morpholine rings is 1. The molecule has 0 aromatic carbocycles. The van der Waals surface area contributed by atoms with Crippen LogP contribution in [0.3, 0.4) is 0 Å². The van der Waals surface area contributed by atoms with E-state index >= 15 is 0 Å². The highest BCUT2D eigenvalue weighted by Crippen LogP contribution is 2.44. The smallest absolute Gasteiger partial charge is 0.257 e. The van der Waals surface area contributed by atoms with E-state index in [-0.39, 0.29) is 16.9 Å². The number of hydrogen-bond donors (Lipinski definition) is 1. The van der Waals surface area contributed by atoms with Gasteiger partial charge in [-0.1, -0.05) is 0 Å². The fourth-order valence-corrected chi connectivity index (χ4v) is 4.90. The second-order valence-corrected chi connectivity index (χ2v) is 8.29. The van der Waals surface area contributed by atoms with Gasteiger partial charge in [0.15, 0.2) is 0 Å². The Morgan fingerprint density at radius 1 is 1.17 bits per heavy atom. The number of fused-ring (bicyclic) bond motifs is 2. The van der Waals surface area contributed by atoms with E-state index in [1.807, 2.05) is 11.9 Å². The zero-order valence-electron chi connectivity index (χ0n) is 16.7.